The smallest absolute Gasteiger partial charge is 0.335 e. The molecule has 3 N–H and O–H groups in total. The van der Waals surface area contributed by atoms with E-state index in [2.05, 4.69) is 0 Å². The Morgan fingerprint density at radius 1 is 0.640 bits per heavy atom. The van der Waals surface area contributed by atoms with E-state index in [4.69, 9.17) is 5.11 Å². The Morgan fingerprint density at radius 3 is 1.88 bits per heavy atom. The topological polar surface area (TPSA) is 94.8 Å². The molecule has 0 aliphatic carbocycles. The lowest BCUT2D eigenvalue weighted by molar-refractivity contribution is 0.0686. The summed E-state index contributed by atoms with van der Waals surface area (Å²) in [7, 11) is 0. The van der Waals surface area contributed by atoms with Crippen LogP contribution < -0.4 is 0 Å². The molecule has 0 radical (unpaired) electrons. The monoisotopic (exact) mass is 334 g/mol. The van der Waals surface area contributed by atoms with Crippen LogP contribution in [0.4, 0.5) is 0 Å². The van der Waals surface area contributed by atoms with Crippen LogP contribution in [-0.2, 0) is 0 Å². The summed E-state index contributed by atoms with van der Waals surface area (Å²) in [6.45, 7) is 0. The average molecular weight is 334 g/mol. The minimum atomic E-state index is -1.05. The van der Waals surface area contributed by atoms with Gasteiger partial charge in [0.05, 0.1) is 11.1 Å². The number of aromatic hydroxyl groups is 1. The number of benzene rings is 3. The van der Waals surface area contributed by atoms with Crippen LogP contribution in [0.5, 0.6) is 5.75 Å². The van der Waals surface area contributed by atoms with Crippen LogP contribution in [-0.4, -0.2) is 27.3 Å². The third kappa shape index (κ3) is 3.35. The zero-order valence-electron chi connectivity index (χ0n) is 13.0. The number of carboxylic acids is 2. The maximum atomic E-state index is 11.3. The van der Waals surface area contributed by atoms with E-state index in [1.54, 1.807) is 36.4 Å². The van der Waals surface area contributed by atoms with Crippen LogP contribution in [0.25, 0.3) is 22.3 Å². The van der Waals surface area contributed by atoms with Crippen LogP contribution in [0.2, 0.25) is 0 Å². The second-order valence-corrected chi connectivity index (χ2v) is 5.50. The molecule has 0 atom stereocenters. The van der Waals surface area contributed by atoms with Gasteiger partial charge in [0, 0.05) is 0 Å². The summed E-state index contributed by atoms with van der Waals surface area (Å²) in [6, 6.07) is 17.6. The summed E-state index contributed by atoms with van der Waals surface area (Å²) in [6.07, 6.45) is 0. The van der Waals surface area contributed by atoms with E-state index in [1.807, 2.05) is 0 Å². The Labute approximate surface area is 143 Å². The molecule has 5 nitrogen and oxygen atoms in total. The predicted octanol–water partition coefficient (Wildman–Crippen LogP) is 4.12. The molecule has 0 fully saturated rings. The molecule has 0 aliphatic heterocycles. The van der Waals surface area contributed by atoms with Crippen molar-refractivity contribution < 1.29 is 24.9 Å². The first-order chi connectivity index (χ1) is 12.0. The fraction of sp³-hybridized carbons (Fsp3) is 0. The number of hydrogen-bond acceptors (Lipinski definition) is 3. The quantitative estimate of drug-likeness (QED) is 0.667. The van der Waals surface area contributed by atoms with E-state index < -0.39 is 11.9 Å². The summed E-state index contributed by atoms with van der Waals surface area (Å²) in [4.78, 5) is 22.3. The lowest BCUT2D eigenvalue weighted by Crippen LogP contribution is -1.98. The number of hydrogen-bond donors (Lipinski definition) is 3. The van der Waals surface area contributed by atoms with E-state index in [0.717, 1.165) is 11.1 Å². The van der Waals surface area contributed by atoms with Crippen molar-refractivity contribution in [1.82, 2.24) is 0 Å². The van der Waals surface area contributed by atoms with Crippen molar-refractivity contribution in [3.05, 3.63) is 77.9 Å². The van der Waals surface area contributed by atoms with Crippen molar-refractivity contribution in [2.24, 2.45) is 0 Å². The number of carboxylic acid groups (broad SMARTS) is 2. The highest BCUT2D eigenvalue weighted by atomic mass is 16.4. The van der Waals surface area contributed by atoms with Crippen LogP contribution in [0.15, 0.2) is 66.7 Å². The average Bonchev–Trinajstić information content (AvgIpc) is 2.61. The fourth-order valence-corrected chi connectivity index (χ4v) is 2.63. The summed E-state index contributed by atoms with van der Waals surface area (Å²) < 4.78 is 0. The maximum absolute atomic E-state index is 11.3. The van der Waals surface area contributed by atoms with Crippen LogP contribution in [0.1, 0.15) is 20.7 Å². The SMILES string of the molecule is O=C(O)c1ccc(-c2ccc(C(=O)O)cc2-c2cccc(O)c2)cc1. The highest BCUT2D eigenvalue weighted by Gasteiger charge is 2.13. The minimum absolute atomic E-state index is 0.0744. The third-order valence-electron chi connectivity index (χ3n) is 3.87. The third-order valence-corrected chi connectivity index (χ3v) is 3.87. The Morgan fingerprint density at radius 2 is 1.28 bits per heavy atom. The Kier molecular flexibility index (Phi) is 4.22. The summed E-state index contributed by atoms with van der Waals surface area (Å²) in [5.41, 5.74) is 3.10. The number of phenols is 1. The van der Waals surface area contributed by atoms with Gasteiger partial charge in [0.15, 0.2) is 0 Å². The molecule has 0 aromatic heterocycles. The molecule has 0 aliphatic rings. The molecule has 5 heteroatoms. The molecule has 3 rings (SSSR count). The molecular formula is C20H14O5. The largest absolute Gasteiger partial charge is 0.508 e. The Balaban J connectivity index is 2.18. The molecular weight excluding hydrogens is 320 g/mol. The highest BCUT2D eigenvalue weighted by molar-refractivity contribution is 5.94. The molecule has 0 bridgehead atoms. The van der Waals surface area contributed by atoms with Gasteiger partial charge in [-0.25, -0.2) is 9.59 Å². The lowest BCUT2D eigenvalue weighted by Gasteiger charge is -2.12. The Hall–Kier alpha value is -3.60. The van der Waals surface area contributed by atoms with Crippen molar-refractivity contribution in [2.75, 3.05) is 0 Å². The van der Waals surface area contributed by atoms with Gasteiger partial charge in [-0.3, -0.25) is 0 Å². The van der Waals surface area contributed by atoms with Crippen molar-refractivity contribution in [2.45, 2.75) is 0 Å². The van der Waals surface area contributed by atoms with Crippen LogP contribution in [0.3, 0.4) is 0 Å². The number of phenolic OH excluding ortho intramolecular Hbond substituents is 1. The van der Waals surface area contributed by atoms with Crippen molar-refractivity contribution in [1.29, 1.82) is 0 Å². The Bertz CT molecular complexity index is 958. The first-order valence-corrected chi connectivity index (χ1v) is 7.46. The molecule has 0 saturated heterocycles. The summed E-state index contributed by atoms with van der Waals surface area (Å²) >= 11 is 0. The number of aromatic carboxylic acids is 2. The van der Waals surface area contributed by atoms with E-state index in [9.17, 15) is 19.8 Å². The minimum Gasteiger partial charge on any atom is -0.508 e. The molecule has 0 heterocycles. The molecule has 0 amide bonds. The van der Waals surface area contributed by atoms with Gasteiger partial charge in [-0.2, -0.15) is 0 Å². The summed E-state index contributed by atoms with van der Waals surface area (Å²) in [5, 5.41) is 28.0. The van der Waals surface area contributed by atoms with Gasteiger partial charge in [-0.1, -0.05) is 30.3 Å². The lowest BCUT2D eigenvalue weighted by atomic mass is 9.92. The summed E-state index contributed by atoms with van der Waals surface area (Å²) in [5.74, 6) is -1.99. The first-order valence-electron chi connectivity index (χ1n) is 7.46. The normalized spacial score (nSPS) is 10.4. The van der Waals surface area contributed by atoms with Gasteiger partial charge in [0.1, 0.15) is 5.75 Å². The fourth-order valence-electron chi connectivity index (χ4n) is 2.63. The molecule has 0 unspecified atom stereocenters. The van der Waals surface area contributed by atoms with E-state index in [0.29, 0.717) is 11.1 Å². The van der Waals surface area contributed by atoms with E-state index in [1.165, 1.54) is 30.3 Å². The molecule has 0 saturated carbocycles. The molecule has 25 heavy (non-hydrogen) atoms. The van der Waals surface area contributed by atoms with Gasteiger partial charge < -0.3 is 15.3 Å². The van der Waals surface area contributed by atoms with Crippen molar-refractivity contribution in [3.8, 4) is 28.0 Å². The van der Waals surface area contributed by atoms with Gasteiger partial charge in [-0.15, -0.1) is 0 Å². The second kappa shape index (κ2) is 6.49. The second-order valence-electron chi connectivity index (χ2n) is 5.50. The zero-order chi connectivity index (χ0) is 18.0. The standard InChI is InChI=1S/C20H14O5/c21-16-3-1-2-14(10-16)18-11-15(20(24)25)8-9-17(18)12-4-6-13(7-5-12)19(22)23/h1-11,21H,(H,22,23)(H,24,25). The van der Waals surface area contributed by atoms with Crippen LogP contribution >= 0.6 is 0 Å². The first kappa shape index (κ1) is 16.3. The van der Waals surface area contributed by atoms with Gasteiger partial charge in [0.2, 0.25) is 0 Å². The van der Waals surface area contributed by atoms with Gasteiger partial charge >= 0.3 is 11.9 Å². The van der Waals surface area contributed by atoms with E-state index >= 15 is 0 Å². The molecule has 124 valence electrons. The number of rotatable bonds is 4. The zero-order valence-corrected chi connectivity index (χ0v) is 13.0. The highest BCUT2D eigenvalue weighted by Crippen LogP contribution is 2.34. The van der Waals surface area contributed by atoms with E-state index in [-0.39, 0.29) is 16.9 Å². The molecule has 0 spiro atoms. The molecule has 3 aromatic carbocycles. The van der Waals surface area contributed by atoms with Gasteiger partial charge in [0.25, 0.3) is 0 Å². The maximum Gasteiger partial charge on any atom is 0.335 e. The van der Waals surface area contributed by atoms with Crippen molar-refractivity contribution in [3.63, 3.8) is 0 Å². The van der Waals surface area contributed by atoms with Crippen molar-refractivity contribution >= 4 is 11.9 Å². The number of carbonyl (C=O) groups is 2. The predicted molar refractivity (Wildman–Crippen MR) is 92.9 cm³/mol. The molecule has 3 aromatic rings. The van der Waals surface area contributed by atoms with Crippen LogP contribution in [0, 0.1) is 0 Å². The van der Waals surface area contributed by atoms with Gasteiger partial charge in [-0.05, 0) is 58.7 Å².